The maximum atomic E-state index is 13.0. The summed E-state index contributed by atoms with van der Waals surface area (Å²) in [5.41, 5.74) is 1.76. The lowest BCUT2D eigenvalue weighted by Gasteiger charge is -2.35. The van der Waals surface area contributed by atoms with E-state index in [0.717, 1.165) is 29.9 Å². The highest BCUT2D eigenvalue weighted by atomic mass is 16.5. The SMILES string of the molecule is Cc1noc(C)c1CN1C(=O)[C@H]2CC[C@@H]1CN(C(=O)Cn1nnnc1C)C2. The molecule has 10 nitrogen and oxygen atoms in total. The molecule has 0 aromatic carbocycles. The van der Waals surface area contributed by atoms with E-state index in [-0.39, 0.29) is 30.3 Å². The number of rotatable bonds is 4. The van der Waals surface area contributed by atoms with Gasteiger partial charge in [-0.2, -0.15) is 0 Å². The van der Waals surface area contributed by atoms with Crippen molar-refractivity contribution in [3.05, 3.63) is 22.8 Å². The fourth-order valence-electron chi connectivity index (χ4n) is 3.97. The van der Waals surface area contributed by atoms with Crippen LogP contribution in [-0.4, -0.2) is 66.1 Å². The first kappa shape index (κ1) is 17.6. The maximum absolute atomic E-state index is 13.0. The van der Waals surface area contributed by atoms with E-state index < -0.39 is 0 Å². The van der Waals surface area contributed by atoms with E-state index in [0.29, 0.717) is 25.5 Å². The molecule has 3 saturated heterocycles. The molecular formula is C17H23N7O3. The molecule has 0 N–H and O–H groups in total. The number of tetrazole rings is 1. The van der Waals surface area contributed by atoms with Crippen molar-refractivity contribution in [1.29, 1.82) is 0 Å². The molecule has 5 rings (SSSR count). The number of amides is 2. The first-order valence-corrected chi connectivity index (χ1v) is 9.16. The average molecular weight is 373 g/mol. The third-order valence-corrected chi connectivity index (χ3v) is 5.65. The quantitative estimate of drug-likeness (QED) is 0.755. The van der Waals surface area contributed by atoms with Crippen LogP contribution in [0.15, 0.2) is 4.52 Å². The van der Waals surface area contributed by atoms with E-state index in [1.807, 2.05) is 18.7 Å². The topological polar surface area (TPSA) is 110 Å². The molecule has 27 heavy (non-hydrogen) atoms. The van der Waals surface area contributed by atoms with Gasteiger partial charge in [-0.1, -0.05) is 5.16 Å². The lowest BCUT2D eigenvalue weighted by Crippen LogP contribution is -2.47. The second-order valence-electron chi connectivity index (χ2n) is 7.38. The van der Waals surface area contributed by atoms with E-state index in [2.05, 4.69) is 20.7 Å². The van der Waals surface area contributed by atoms with Gasteiger partial charge in [-0.25, -0.2) is 4.68 Å². The minimum Gasteiger partial charge on any atom is -0.361 e. The van der Waals surface area contributed by atoms with Crippen LogP contribution in [0.25, 0.3) is 0 Å². The molecule has 2 atom stereocenters. The van der Waals surface area contributed by atoms with E-state index in [1.54, 1.807) is 11.8 Å². The highest BCUT2D eigenvalue weighted by molar-refractivity contribution is 5.83. The Morgan fingerprint density at radius 2 is 2.04 bits per heavy atom. The van der Waals surface area contributed by atoms with Gasteiger partial charge in [0.2, 0.25) is 11.8 Å². The lowest BCUT2D eigenvalue weighted by molar-refractivity contribution is -0.140. The first-order valence-electron chi connectivity index (χ1n) is 9.16. The number of nitrogens with zero attached hydrogens (tertiary/aromatic N) is 7. The number of hydrogen-bond donors (Lipinski definition) is 0. The number of carbonyl (C=O) groups excluding carboxylic acids is 2. The zero-order chi connectivity index (χ0) is 19.1. The van der Waals surface area contributed by atoms with E-state index in [9.17, 15) is 9.59 Å². The molecule has 2 amide bonds. The van der Waals surface area contributed by atoms with Crippen molar-refractivity contribution < 1.29 is 14.1 Å². The summed E-state index contributed by atoms with van der Waals surface area (Å²) in [6.07, 6.45) is 1.71. The second-order valence-corrected chi connectivity index (χ2v) is 7.38. The van der Waals surface area contributed by atoms with Crippen LogP contribution in [0.1, 0.15) is 35.7 Å². The van der Waals surface area contributed by atoms with Gasteiger partial charge < -0.3 is 14.3 Å². The Kier molecular flexibility index (Phi) is 4.40. The van der Waals surface area contributed by atoms with Gasteiger partial charge in [-0.3, -0.25) is 9.59 Å². The summed E-state index contributed by atoms with van der Waals surface area (Å²) in [5.74, 6) is 1.22. The van der Waals surface area contributed by atoms with Gasteiger partial charge in [-0.15, -0.1) is 5.10 Å². The fourth-order valence-corrected chi connectivity index (χ4v) is 3.97. The van der Waals surface area contributed by atoms with Crippen molar-refractivity contribution in [1.82, 2.24) is 35.2 Å². The Bertz CT molecular complexity index is 854. The largest absolute Gasteiger partial charge is 0.361 e. The molecule has 10 heteroatoms. The highest BCUT2D eigenvalue weighted by Gasteiger charge is 2.42. The van der Waals surface area contributed by atoms with Gasteiger partial charge >= 0.3 is 0 Å². The molecule has 0 unspecified atom stereocenters. The summed E-state index contributed by atoms with van der Waals surface area (Å²) in [6, 6.07) is 0.00358. The van der Waals surface area contributed by atoms with Gasteiger partial charge in [-0.05, 0) is 44.0 Å². The molecule has 0 spiro atoms. The van der Waals surface area contributed by atoms with Crippen LogP contribution in [0.5, 0.6) is 0 Å². The Morgan fingerprint density at radius 3 is 2.70 bits per heavy atom. The number of hydrogen-bond acceptors (Lipinski definition) is 7. The molecule has 2 aromatic heterocycles. The molecule has 3 fully saturated rings. The van der Waals surface area contributed by atoms with Crippen LogP contribution in [0.4, 0.5) is 0 Å². The van der Waals surface area contributed by atoms with Gasteiger partial charge in [0.15, 0.2) is 0 Å². The molecule has 144 valence electrons. The van der Waals surface area contributed by atoms with Crippen LogP contribution in [-0.2, 0) is 22.7 Å². The summed E-state index contributed by atoms with van der Waals surface area (Å²) in [6.45, 7) is 7.07. The Balaban J connectivity index is 1.52. The lowest BCUT2D eigenvalue weighted by atomic mass is 9.93. The second kappa shape index (κ2) is 6.75. The highest BCUT2D eigenvalue weighted by Crippen LogP contribution is 2.31. The Labute approximate surface area is 156 Å². The molecule has 2 bridgehead atoms. The van der Waals surface area contributed by atoms with Gasteiger partial charge in [0.1, 0.15) is 18.1 Å². The third kappa shape index (κ3) is 3.19. The molecule has 3 aliphatic heterocycles. The van der Waals surface area contributed by atoms with Gasteiger partial charge in [0.05, 0.1) is 18.2 Å². The average Bonchev–Trinajstić information content (AvgIpc) is 3.04. The summed E-state index contributed by atoms with van der Waals surface area (Å²) in [7, 11) is 0. The molecule has 0 saturated carbocycles. The smallest absolute Gasteiger partial charge is 0.244 e. The fraction of sp³-hybridized carbons (Fsp3) is 0.647. The Hall–Kier alpha value is -2.78. The summed E-state index contributed by atoms with van der Waals surface area (Å²) in [4.78, 5) is 29.5. The van der Waals surface area contributed by atoms with Crippen molar-refractivity contribution in [2.45, 2.75) is 52.7 Å². The number of aryl methyl sites for hydroxylation is 3. The predicted molar refractivity (Wildman–Crippen MR) is 92.2 cm³/mol. The predicted octanol–water partition coefficient (Wildman–Crippen LogP) is 0.236. The van der Waals surface area contributed by atoms with Crippen molar-refractivity contribution in [3.8, 4) is 0 Å². The standard InChI is InChI=1S/C17H23N7O3/c1-10-15(11(2)27-19-10)8-23-14-5-4-13(17(23)26)6-22(7-14)16(25)9-24-12(3)18-20-21-24/h13-14H,4-9H2,1-3H3/t13-,14+/m0/s1. The molecule has 0 radical (unpaired) electrons. The maximum Gasteiger partial charge on any atom is 0.244 e. The van der Waals surface area contributed by atoms with Crippen LogP contribution >= 0.6 is 0 Å². The first-order chi connectivity index (χ1) is 12.9. The third-order valence-electron chi connectivity index (χ3n) is 5.65. The zero-order valence-electron chi connectivity index (χ0n) is 15.8. The number of fused-ring (bicyclic) bond motifs is 4. The summed E-state index contributed by atoms with van der Waals surface area (Å²) >= 11 is 0. The minimum atomic E-state index is -0.164. The molecule has 0 aliphatic carbocycles. The molecular weight excluding hydrogens is 350 g/mol. The van der Waals surface area contributed by atoms with Crippen molar-refractivity contribution >= 4 is 11.8 Å². The van der Waals surface area contributed by atoms with Crippen LogP contribution in [0.3, 0.4) is 0 Å². The minimum absolute atomic E-state index is 0.00358. The zero-order valence-corrected chi connectivity index (χ0v) is 15.8. The van der Waals surface area contributed by atoms with Crippen molar-refractivity contribution in [2.24, 2.45) is 5.92 Å². The monoisotopic (exact) mass is 373 g/mol. The van der Waals surface area contributed by atoms with Crippen LogP contribution in [0.2, 0.25) is 0 Å². The van der Waals surface area contributed by atoms with Crippen LogP contribution in [0, 0.1) is 26.7 Å². The Morgan fingerprint density at radius 1 is 1.22 bits per heavy atom. The van der Waals surface area contributed by atoms with E-state index in [1.165, 1.54) is 4.68 Å². The van der Waals surface area contributed by atoms with E-state index >= 15 is 0 Å². The summed E-state index contributed by atoms with van der Waals surface area (Å²) in [5, 5.41) is 15.2. The summed E-state index contributed by atoms with van der Waals surface area (Å²) < 4.78 is 6.72. The van der Waals surface area contributed by atoms with Crippen LogP contribution < -0.4 is 0 Å². The normalized spacial score (nSPS) is 22.4. The van der Waals surface area contributed by atoms with Crippen molar-refractivity contribution in [3.63, 3.8) is 0 Å². The molecule has 3 aliphatic rings. The number of aromatic nitrogens is 5. The number of piperidine rings is 1. The molecule has 5 heterocycles. The van der Waals surface area contributed by atoms with Gasteiger partial charge in [0, 0.05) is 24.7 Å². The van der Waals surface area contributed by atoms with Crippen molar-refractivity contribution in [2.75, 3.05) is 13.1 Å². The molecule has 2 aromatic rings. The van der Waals surface area contributed by atoms with Gasteiger partial charge in [0.25, 0.3) is 0 Å². The van der Waals surface area contributed by atoms with E-state index in [4.69, 9.17) is 4.52 Å². The number of carbonyl (C=O) groups is 2.